The molecule has 3 N–H and O–H groups in total. The van der Waals surface area contributed by atoms with Crippen molar-refractivity contribution in [2.75, 3.05) is 11.1 Å². The van der Waals surface area contributed by atoms with Gasteiger partial charge in [-0.25, -0.2) is 19.9 Å². The second-order valence-corrected chi connectivity index (χ2v) is 8.34. The maximum Gasteiger partial charge on any atom is 0.230 e. The maximum absolute atomic E-state index is 5.97. The minimum atomic E-state index is 0.183. The fourth-order valence-corrected chi connectivity index (χ4v) is 4.36. The lowest BCUT2D eigenvalue weighted by Crippen LogP contribution is -2.04. The molecule has 4 heterocycles. The highest BCUT2D eigenvalue weighted by Gasteiger charge is 2.22. The highest BCUT2D eigenvalue weighted by Crippen LogP contribution is 2.35. The maximum atomic E-state index is 5.97. The Bertz CT molecular complexity index is 1520. The van der Waals surface area contributed by atoms with E-state index >= 15 is 0 Å². The van der Waals surface area contributed by atoms with Gasteiger partial charge in [0, 0.05) is 29.6 Å². The number of ether oxygens (including phenoxy) is 1. The van der Waals surface area contributed by atoms with E-state index in [0.717, 1.165) is 42.0 Å². The Morgan fingerprint density at radius 1 is 0.806 bits per heavy atom. The summed E-state index contributed by atoms with van der Waals surface area (Å²) in [6.45, 7) is 0. The summed E-state index contributed by atoms with van der Waals surface area (Å²) in [5.74, 6) is 1.73. The van der Waals surface area contributed by atoms with Crippen molar-refractivity contribution in [2.45, 2.75) is 19.3 Å². The topological polar surface area (TPSA) is 125 Å². The molecule has 0 saturated heterocycles. The van der Waals surface area contributed by atoms with Crippen molar-refractivity contribution in [2.24, 2.45) is 0 Å². The first-order chi connectivity index (χ1) is 17.7. The molecule has 0 amide bonds. The van der Waals surface area contributed by atoms with Crippen LogP contribution in [0.1, 0.15) is 17.5 Å². The number of nitrogens with zero attached hydrogens (tertiary/aromatic N) is 6. The molecule has 176 valence electrons. The number of hydrogen-bond donors (Lipinski definition) is 2. The predicted octanol–water partition coefficient (Wildman–Crippen LogP) is 5.00. The standard InChI is InChI=1S/C27H22N8O/c28-27-30-15-13-22(33-27)21-10-5-14-29-26(21)36-23-12-11-18(16-31-23)32-25-20-9-4-8-19(20)24(34-35-25)17-6-2-1-3-7-17/h1-3,5-7,10-16H,4,8-9H2,(H,32,35)(H2,28,30,33). The van der Waals surface area contributed by atoms with Gasteiger partial charge in [0.1, 0.15) is 0 Å². The van der Waals surface area contributed by atoms with E-state index in [0.29, 0.717) is 23.0 Å². The van der Waals surface area contributed by atoms with E-state index in [2.05, 4.69) is 47.6 Å². The van der Waals surface area contributed by atoms with Gasteiger partial charge in [-0.1, -0.05) is 30.3 Å². The van der Waals surface area contributed by atoms with Crippen molar-refractivity contribution in [3.63, 3.8) is 0 Å². The fraction of sp³-hybridized carbons (Fsp3) is 0.111. The van der Waals surface area contributed by atoms with Gasteiger partial charge in [0.2, 0.25) is 17.7 Å². The molecule has 0 radical (unpaired) electrons. The third kappa shape index (κ3) is 4.29. The molecule has 36 heavy (non-hydrogen) atoms. The zero-order chi connectivity index (χ0) is 24.3. The van der Waals surface area contributed by atoms with Crippen LogP contribution >= 0.6 is 0 Å². The van der Waals surface area contributed by atoms with Gasteiger partial charge in [-0.05, 0) is 49.1 Å². The molecule has 6 rings (SSSR count). The lowest BCUT2D eigenvalue weighted by molar-refractivity contribution is 0.446. The van der Waals surface area contributed by atoms with Crippen molar-refractivity contribution in [1.29, 1.82) is 0 Å². The molecule has 0 unspecified atom stereocenters. The summed E-state index contributed by atoms with van der Waals surface area (Å²) >= 11 is 0. The number of fused-ring (bicyclic) bond motifs is 1. The smallest absolute Gasteiger partial charge is 0.230 e. The second kappa shape index (κ2) is 9.38. The third-order valence-corrected chi connectivity index (χ3v) is 6.01. The van der Waals surface area contributed by atoms with Crippen LogP contribution in [0, 0.1) is 0 Å². The summed E-state index contributed by atoms with van der Waals surface area (Å²) in [7, 11) is 0. The van der Waals surface area contributed by atoms with Crippen LogP contribution in [0.2, 0.25) is 0 Å². The molecule has 9 nitrogen and oxygen atoms in total. The zero-order valence-electron chi connectivity index (χ0n) is 19.3. The first-order valence-corrected chi connectivity index (χ1v) is 11.6. The van der Waals surface area contributed by atoms with E-state index in [1.807, 2.05) is 36.4 Å². The van der Waals surface area contributed by atoms with E-state index in [1.54, 1.807) is 30.7 Å². The monoisotopic (exact) mass is 474 g/mol. The Kier molecular flexibility index (Phi) is 5.63. The van der Waals surface area contributed by atoms with Gasteiger partial charge in [-0.3, -0.25) is 0 Å². The fourth-order valence-electron chi connectivity index (χ4n) is 4.36. The first kappa shape index (κ1) is 21.6. The van der Waals surface area contributed by atoms with Crippen molar-refractivity contribution >= 4 is 17.5 Å². The van der Waals surface area contributed by atoms with Crippen LogP contribution in [0.25, 0.3) is 22.5 Å². The van der Waals surface area contributed by atoms with Gasteiger partial charge < -0.3 is 15.8 Å². The van der Waals surface area contributed by atoms with Crippen LogP contribution in [0.5, 0.6) is 11.8 Å². The van der Waals surface area contributed by atoms with Crippen molar-refractivity contribution in [1.82, 2.24) is 30.1 Å². The Balaban J connectivity index is 1.22. The molecule has 0 atom stereocenters. The Morgan fingerprint density at radius 2 is 1.69 bits per heavy atom. The number of nitrogens with two attached hydrogens (primary N) is 1. The number of benzene rings is 1. The Morgan fingerprint density at radius 3 is 2.53 bits per heavy atom. The van der Waals surface area contributed by atoms with Crippen molar-refractivity contribution in [3.8, 4) is 34.3 Å². The van der Waals surface area contributed by atoms with Crippen LogP contribution in [-0.2, 0) is 12.8 Å². The molecule has 9 heteroatoms. The molecule has 0 saturated carbocycles. The number of nitrogen functional groups attached to an aromatic ring is 1. The van der Waals surface area contributed by atoms with Crippen molar-refractivity contribution < 1.29 is 4.74 Å². The summed E-state index contributed by atoms with van der Waals surface area (Å²) in [5.41, 5.74) is 12.4. The molecule has 0 fully saturated rings. The summed E-state index contributed by atoms with van der Waals surface area (Å²) in [4.78, 5) is 17.0. The van der Waals surface area contributed by atoms with Crippen LogP contribution in [0.15, 0.2) is 79.3 Å². The minimum Gasteiger partial charge on any atom is -0.420 e. The summed E-state index contributed by atoms with van der Waals surface area (Å²) in [5, 5.41) is 12.4. The van der Waals surface area contributed by atoms with Gasteiger partial charge in [-0.2, -0.15) is 0 Å². The molecular weight excluding hydrogens is 452 g/mol. The quantitative estimate of drug-likeness (QED) is 0.350. The first-order valence-electron chi connectivity index (χ1n) is 11.6. The average Bonchev–Trinajstić information content (AvgIpc) is 3.41. The molecule has 1 aliphatic rings. The van der Waals surface area contributed by atoms with Gasteiger partial charge in [0.15, 0.2) is 5.82 Å². The Hall–Kier alpha value is -4.92. The van der Waals surface area contributed by atoms with E-state index in [-0.39, 0.29) is 5.95 Å². The number of anilines is 3. The summed E-state index contributed by atoms with van der Waals surface area (Å²) in [6, 6.07) is 19.3. The number of hydrogen-bond acceptors (Lipinski definition) is 9. The van der Waals surface area contributed by atoms with E-state index < -0.39 is 0 Å². The summed E-state index contributed by atoms with van der Waals surface area (Å²) in [6.07, 6.45) is 8.01. The molecule has 5 aromatic rings. The molecule has 0 spiro atoms. The summed E-state index contributed by atoms with van der Waals surface area (Å²) < 4.78 is 5.97. The zero-order valence-corrected chi connectivity index (χ0v) is 19.3. The highest BCUT2D eigenvalue weighted by molar-refractivity contribution is 5.70. The van der Waals surface area contributed by atoms with E-state index in [4.69, 9.17) is 10.5 Å². The molecule has 0 aliphatic heterocycles. The van der Waals surface area contributed by atoms with Crippen LogP contribution in [-0.4, -0.2) is 30.1 Å². The normalized spacial score (nSPS) is 12.2. The molecule has 1 aliphatic carbocycles. The number of pyridine rings is 2. The SMILES string of the molecule is Nc1nccc(-c2cccnc2Oc2ccc(Nc3nnc(-c4ccccc4)c4c3CCC4)cn2)n1. The van der Waals surface area contributed by atoms with E-state index in [9.17, 15) is 0 Å². The Labute approximate surface area is 207 Å². The van der Waals surface area contributed by atoms with Gasteiger partial charge >= 0.3 is 0 Å². The highest BCUT2D eigenvalue weighted by atomic mass is 16.5. The van der Waals surface area contributed by atoms with Gasteiger partial charge in [-0.15, -0.1) is 10.2 Å². The lowest BCUT2D eigenvalue weighted by Gasteiger charge is -2.13. The number of aromatic nitrogens is 6. The third-order valence-electron chi connectivity index (χ3n) is 6.01. The molecule has 4 aromatic heterocycles. The molecule has 1 aromatic carbocycles. The molecular formula is C27H22N8O. The number of nitrogens with one attached hydrogen (secondary N) is 1. The molecule has 0 bridgehead atoms. The average molecular weight is 475 g/mol. The number of rotatable bonds is 6. The predicted molar refractivity (Wildman–Crippen MR) is 137 cm³/mol. The van der Waals surface area contributed by atoms with Crippen LogP contribution in [0.4, 0.5) is 17.5 Å². The van der Waals surface area contributed by atoms with Crippen LogP contribution in [0.3, 0.4) is 0 Å². The van der Waals surface area contributed by atoms with Gasteiger partial charge in [0.25, 0.3) is 0 Å². The largest absolute Gasteiger partial charge is 0.420 e. The van der Waals surface area contributed by atoms with Gasteiger partial charge in [0.05, 0.1) is 28.8 Å². The second-order valence-electron chi connectivity index (χ2n) is 8.34. The van der Waals surface area contributed by atoms with Crippen molar-refractivity contribution in [3.05, 3.63) is 90.4 Å². The minimum absolute atomic E-state index is 0.183. The van der Waals surface area contributed by atoms with Crippen LogP contribution < -0.4 is 15.8 Å². The van der Waals surface area contributed by atoms with E-state index in [1.165, 1.54) is 11.1 Å². The lowest BCUT2D eigenvalue weighted by atomic mass is 10.0.